The molecule has 1 aliphatic rings. The molecule has 0 bridgehead atoms. The average Bonchev–Trinajstić information content (AvgIpc) is 2.54. The number of carbonyl (C=O) groups is 1. The van der Waals surface area contributed by atoms with Crippen molar-refractivity contribution in [2.45, 2.75) is 13.0 Å². The monoisotopic (exact) mass is 237 g/mol. The zero-order valence-corrected chi connectivity index (χ0v) is 9.58. The summed E-state index contributed by atoms with van der Waals surface area (Å²) in [5.41, 5.74) is 7.32. The number of nitrogens with zero attached hydrogens (tertiary/aromatic N) is 1. The number of nitrogens with one attached hydrogen (secondary N) is 1. The SMILES string of the molecule is NCc1cc(F)ccc1N1CCNC(=O)CC1. The molecule has 0 unspecified atom stereocenters. The van der Waals surface area contributed by atoms with Gasteiger partial charge in [-0.1, -0.05) is 0 Å². The number of halogens is 1. The Labute approximate surface area is 99.6 Å². The van der Waals surface area contributed by atoms with E-state index in [1.165, 1.54) is 12.1 Å². The topological polar surface area (TPSA) is 58.4 Å². The second-order valence-electron chi connectivity index (χ2n) is 4.06. The van der Waals surface area contributed by atoms with Gasteiger partial charge in [0, 0.05) is 38.3 Å². The molecule has 0 spiro atoms. The summed E-state index contributed by atoms with van der Waals surface area (Å²) in [6.45, 7) is 2.28. The highest BCUT2D eigenvalue weighted by Crippen LogP contribution is 2.22. The van der Waals surface area contributed by atoms with Gasteiger partial charge in [0.15, 0.2) is 0 Å². The standard InChI is InChI=1S/C12H16FN3O/c13-10-1-2-11(9(7-10)8-14)16-5-3-12(17)15-4-6-16/h1-2,7H,3-6,8,14H2,(H,15,17). The van der Waals surface area contributed by atoms with Gasteiger partial charge in [-0.05, 0) is 23.8 Å². The largest absolute Gasteiger partial charge is 0.369 e. The lowest BCUT2D eigenvalue weighted by Crippen LogP contribution is -2.29. The highest BCUT2D eigenvalue weighted by molar-refractivity contribution is 5.77. The van der Waals surface area contributed by atoms with Crippen LogP contribution in [0.25, 0.3) is 0 Å². The molecule has 1 fully saturated rings. The van der Waals surface area contributed by atoms with Gasteiger partial charge in [0.25, 0.3) is 0 Å². The van der Waals surface area contributed by atoms with Crippen LogP contribution in [0.3, 0.4) is 0 Å². The van der Waals surface area contributed by atoms with Crippen LogP contribution in [-0.4, -0.2) is 25.5 Å². The van der Waals surface area contributed by atoms with Gasteiger partial charge in [-0.15, -0.1) is 0 Å². The third kappa shape index (κ3) is 2.74. The molecule has 0 atom stereocenters. The van der Waals surface area contributed by atoms with Crippen LogP contribution in [-0.2, 0) is 11.3 Å². The normalized spacial score (nSPS) is 16.6. The minimum Gasteiger partial charge on any atom is -0.369 e. The number of rotatable bonds is 2. The van der Waals surface area contributed by atoms with E-state index in [1.54, 1.807) is 6.07 Å². The molecule has 0 aliphatic carbocycles. The van der Waals surface area contributed by atoms with Gasteiger partial charge in [0.2, 0.25) is 5.91 Å². The van der Waals surface area contributed by atoms with E-state index in [-0.39, 0.29) is 11.7 Å². The lowest BCUT2D eigenvalue weighted by Gasteiger charge is -2.24. The van der Waals surface area contributed by atoms with Gasteiger partial charge < -0.3 is 16.0 Å². The summed E-state index contributed by atoms with van der Waals surface area (Å²) in [6.07, 6.45) is 0.460. The van der Waals surface area contributed by atoms with Crippen molar-refractivity contribution in [1.82, 2.24) is 5.32 Å². The third-order valence-electron chi connectivity index (χ3n) is 2.91. The van der Waals surface area contributed by atoms with Crippen LogP contribution in [0.15, 0.2) is 18.2 Å². The molecule has 0 saturated carbocycles. The Morgan fingerprint density at radius 3 is 3.00 bits per heavy atom. The van der Waals surface area contributed by atoms with Crippen LogP contribution in [0, 0.1) is 5.82 Å². The van der Waals surface area contributed by atoms with Gasteiger partial charge in [-0.3, -0.25) is 4.79 Å². The summed E-state index contributed by atoms with van der Waals surface area (Å²) in [6, 6.07) is 4.61. The third-order valence-corrected chi connectivity index (χ3v) is 2.91. The Morgan fingerprint density at radius 1 is 1.41 bits per heavy atom. The molecule has 17 heavy (non-hydrogen) atoms. The maximum atomic E-state index is 13.1. The number of amides is 1. The molecule has 1 saturated heterocycles. The lowest BCUT2D eigenvalue weighted by atomic mass is 10.1. The molecule has 4 nitrogen and oxygen atoms in total. The van der Waals surface area contributed by atoms with Crippen LogP contribution >= 0.6 is 0 Å². The smallest absolute Gasteiger partial charge is 0.221 e. The maximum Gasteiger partial charge on any atom is 0.221 e. The van der Waals surface area contributed by atoms with E-state index < -0.39 is 0 Å². The minimum absolute atomic E-state index is 0.0592. The number of carbonyl (C=O) groups excluding carboxylic acids is 1. The van der Waals surface area contributed by atoms with Crippen LogP contribution in [0.2, 0.25) is 0 Å². The van der Waals surface area contributed by atoms with Crippen molar-refractivity contribution in [3.8, 4) is 0 Å². The van der Waals surface area contributed by atoms with Crippen molar-refractivity contribution in [3.63, 3.8) is 0 Å². The van der Waals surface area contributed by atoms with Crippen molar-refractivity contribution < 1.29 is 9.18 Å². The molecule has 92 valence electrons. The summed E-state index contributed by atoms with van der Waals surface area (Å²) in [5, 5.41) is 2.81. The lowest BCUT2D eigenvalue weighted by molar-refractivity contribution is -0.120. The minimum atomic E-state index is -0.279. The zero-order chi connectivity index (χ0) is 12.3. The number of hydrogen-bond donors (Lipinski definition) is 2. The second kappa shape index (κ2) is 5.14. The van der Waals surface area contributed by atoms with Gasteiger partial charge >= 0.3 is 0 Å². The summed E-state index contributed by atoms with van der Waals surface area (Å²) in [7, 11) is 0. The van der Waals surface area contributed by atoms with Crippen molar-refractivity contribution >= 4 is 11.6 Å². The Hall–Kier alpha value is -1.62. The first-order chi connectivity index (χ1) is 8.20. The van der Waals surface area contributed by atoms with Crippen LogP contribution in [0.4, 0.5) is 10.1 Å². The summed E-state index contributed by atoms with van der Waals surface area (Å²) in [5.74, 6) is -0.220. The highest BCUT2D eigenvalue weighted by Gasteiger charge is 2.16. The number of benzene rings is 1. The number of nitrogens with two attached hydrogens (primary N) is 1. The van der Waals surface area contributed by atoms with Crippen molar-refractivity contribution in [2.75, 3.05) is 24.5 Å². The summed E-state index contributed by atoms with van der Waals surface area (Å²) >= 11 is 0. The predicted molar refractivity (Wildman–Crippen MR) is 64.1 cm³/mol. The molecule has 0 aromatic heterocycles. The second-order valence-corrected chi connectivity index (χ2v) is 4.06. The van der Waals surface area contributed by atoms with E-state index in [9.17, 15) is 9.18 Å². The summed E-state index contributed by atoms with van der Waals surface area (Å²) in [4.78, 5) is 13.3. The zero-order valence-electron chi connectivity index (χ0n) is 9.58. The molecule has 1 aromatic carbocycles. The molecular formula is C12H16FN3O. The van der Waals surface area contributed by atoms with Gasteiger partial charge in [-0.25, -0.2) is 4.39 Å². The molecule has 5 heteroatoms. The fraction of sp³-hybridized carbons (Fsp3) is 0.417. The first kappa shape index (κ1) is 11.9. The predicted octanol–water partition coefficient (Wildman–Crippen LogP) is 0.611. The molecule has 2 rings (SSSR count). The van der Waals surface area contributed by atoms with E-state index in [4.69, 9.17) is 5.73 Å². The number of hydrogen-bond acceptors (Lipinski definition) is 3. The van der Waals surface area contributed by atoms with Gasteiger partial charge in [-0.2, -0.15) is 0 Å². The van der Waals surface area contributed by atoms with E-state index >= 15 is 0 Å². The van der Waals surface area contributed by atoms with Crippen LogP contribution < -0.4 is 16.0 Å². The van der Waals surface area contributed by atoms with Crippen molar-refractivity contribution in [1.29, 1.82) is 0 Å². The highest BCUT2D eigenvalue weighted by atomic mass is 19.1. The van der Waals surface area contributed by atoms with Crippen molar-refractivity contribution in [2.24, 2.45) is 5.73 Å². The van der Waals surface area contributed by atoms with E-state index in [0.29, 0.717) is 26.1 Å². The Bertz CT molecular complexity index is 422. The molecule has 1 amide bonds. The fourth-order valence-corrected chi connectivity index (χ4v) is 2.03. The van der Waals surface area contributed by atoms with Gasteiger partial charge in [0.1, 0.15) is 5.82 Å². The first-order valence-corrected chi connectivity index (χ1v) is 5.71. The molecule has 1 aromatic rings. The van der Waals surface area contributed by atoms with Crippen molar-refractivity contribution in [3.05, 3.63) is 29.6 Å². The Kier molecular flexibility index (Phi) is 3.58. The Morgan fingerprint density at radius 2 is 2.24 bits per heavy atom. The molecule has 1 aliphatic heterocycles. The molecule has 1 heterocycles. The molecule has 0 radical (unpaired) electrons. The van der Waals surface area contributed by atoms with Crippen LogP contribution in [0.5, 0.6) is 0 Å². The molecule has 3 N–H and O–H groups in total. The maximum absolute atomic E-state index is 13.1. The summed E-state index contributed by atoms with van der Waals surface area (Å²) < 4.78 is 13.1. The molecular weight excluding hydrogens is 221 g/mol. The van der Waals surface area contributed by atoms with Crippen LogP contribution in [0.1, 0.15) is 12.0 Å². The van der Waals surface area contributed by atoms with E-state index in [0.717, 1.165) is 17.8 Å². The fourth-order valence-electron chi connectivity index (χ4n) is 2.03. The Balaban J connectivity index is 2.23. The van der Waals surface area contributed by atoms with E-state index in [2.05, 4.69) is 10.2 Å². The first-order valence-electron chi connectivity index (χ1n) is 5.71. The van der Waals surface area contributed by atoms with E-state index in [1.807, 2.05) is 0 Å². The van der Waals surface area contributed by atoms with Gasteiger partial charge in [0.05, 0.1) is 0 Å². The quantitative estimate of drug-likeness (QED) is 0.792. The number of anilines is 1. The average molecular weight is 237 g/mol.